The smallest absolute Gasteiger partial charge is 0.295 e. The summed E-state index contributed by atoms with van der Waals surface area (Å²) in [5.41, 5.74) is 2.38. The molecule has 0 fully saturated rings. The zero-order chi connectivity index (χ0) is 54.5. The first-order valence-electron chi connectivity index (χ1n) is 23.6. The summed E-state index contributed by atoms with van der Waals surface area (Å²) in [5, 5.41) is 37.2. The molecule has 12 N–H and O–H groups in total. The van der Waals surface area contributed by atoms with Crippen LogP contribution in [0, 0.1) is 0 Å². The number of nitrogens with one attached hydrogen (secondary N) is 6. The molecule has 0 spiro atoms. The van der Waals surface area contributed by atoms with Crippen molar-refractivity contribution in [2.75, 3.05) is 84.3 Å². The lowest BCUT2D eigenvalue weighted by molar-refractivity contribution is -0.432. The number of anilines is 10. The number of nitrogens with two attached hydrogens (primary N) is 2. The molecule has 4 aromatic carbocycles. The van der Waals surface area contributed by atoms with Crippen molar-refractivity contribution in [2.45, 2.75) is 60.1 Å². The second-order valence-corrected chi connectivity index (χ2v) is 20.6. The fourth-order valence-corrected chi connectivity index (χ4v) is 9.24. The number of aromatic nitrogens is 6. The van der Waals surface area contributed by atoms with Gasteiger partial charge in [-0.15, -0.1) is 13.7 Å². The van der Waals surface area contributed by atoms with Gasteiger partial charge in [0, 0.05) is 45.6 Å². The van der Waals surface area contributed by atoms with Gasteiger partial charge in [-0.1, -0.05) is 57.0 Å². The van der Waals surface area contributed by atoms with E-state index in [2.05, 4.69) is 109 Å². The van der Waals surface area contributed by atoms with E-state index >= 15 is 0 Å². The van der Waals surface area contributed by atoms with E-state index in [-0.39, 0.29) is 51.8 Å². The van der Waals surface area contributed by atoms with Crippen LogP contribution in [-0.4, -0.2) is 119 Å². The molecule has 0 radical (unpaired) electrons. The lowest BCUT2D eigenvalue weighted by atomic mass is 10.1. The zero-order valence-corrected chi connectivity index (χ0v) is 45.1. The second-order valence-electron chi connectivity index (χ2n) is 16.1. The number of primary sulfonamides is 1. The fraction of sp³-hybridized carbons (Fsp3) is 0.304. The number of sulfonamides is 1. The first-order valence-corrected chi connectivity index (χ1v) is 28.1. The van der Waals surface area contributed by atoms with Gasteiger partial charge in [0.05, 0.1) is 29.0 Å². The molecule has 0 bridgehead atoms. The molecule has 26 nitrogen and oxygen atoms in total. The minimum absolute atomic E-state index is 0.0649. The van der Waals surface area contributed by atoms with Gasteiger partial charge in [-0.2, -0.15) is 44.2 Å². The molecule has 0 atom stereocenters. The van der Waals surface area contributed by atoms with Gasteiger partial charge in [0.2, 0.25) is 45.7 Å². The van der Waals surface area contributed by atoms with E-state index in [1.807, 2.05) is 0 Å². The predicted molar refractivity (Wildman–Crippen MR) is 293 cm³/mol. The Morgan fingerprint density at radius 2 is 1.01 bits per heavy atom. The summed E-state index contributed by atoms with van der Waals surface area (Å²) in [6.07, 6.45) is 4.66. The Morgan fingerprint density at radius 3 is 1.47 bits per heavy atom. The number of hydrogen-bond acceptors (Lipinski definition) is 26. The van der Waals surface area contributed by atoms with Crippen LogP contribution in [0.1, 0.15) is 51.7 Å². The molecular formula is C46H60N16O10S4. The third-order valence-electron chi connectivity index (χ3n) is 11.1. The molecule has 408 valence electrons. The van der Waals surface area contributed by atoms with Crippen molar-refractivity contribution < 1.29 is 45.3 Å². The number of hydrogen-bond donors (Lipinski definition) is 10. The molecule has 2 aromatic heterocycles. The Morgan fingerprint density at radius 1 is 0.579 bits per heavy atom. The average molecular weight is 1130 g/mol. The van der Waals surface area contributed by atoms with Gasteiger partial charge in [0.15, 0.2) is 0 Å². The average Bonchev–Trinajstić information content (AvgIpc) is 3.40. The van der Waals surface area contributed by atoms with Crippen LogP contribution >= 0.6 is 24.1 Å². The van der Waals surface area contributed by atoms with Crippen molar-refractivity contribution in [3.63, 3.8) is 0 Å². The van der Waals surface area contributed by atoms with Crippen molar-refractivity contribution >= 4 is 115 Å². The Hall–Kier alpha value is -6.36. The van der Waals surface area contributed by atoms with Gasteiger partial charge in [0.25, 0.3) is 10.1 Å². The molecule has 0 aliphatic rings. The van der Waals surface area contributed by atoms with Crippen LogP contribution in [0.4, 0.5) is 58.4 Å². The predicted octanol–water partition coefficient (Wildman–Crippen LogP) is 7.64. The molecule has 76 heavy (non-hydrogen) atoms. The van der Waals surface area contributed by atoms with Gasteiger partial charge in [-0.25, -0.2) is 18.8 Å². The van der Waals surface area contributed by atoms with E-state index in [1.165, 1.54) is 42.5 Å². The van der Waals surface area contributed by atoms with E-state index in [9.17, 15) is 21.4 Å². The highest BCUT2D eigenvalue weighted by molar-refractivity contribution is 7.94. The van der Waals surface area contributed by atoms with E-state index in [4.69, 9.17) is 25.0 Å². The Balaban J connectivity index is 1.24. The third kappa shape index (κ3) is 18.7. The highest BCUT2D eigenvalue weighted by Crippen LogP contribution is 2.32. The molecule has 0 saturated heterocycles. The summed E-state index contributed by atoms with van der Waals surface area (Å²) in [6.45, 7) is 14.9. The normalized spacial score (nSPS) is 11.9. The third-order valence-corrected chi connectivity index (χ3v) is 14.2. The highest BCUT2D eigenvalue weighted by atomic mass is 32.2. The molecule has 2 heterocycles. The Bertz CT molecular complexity index is 3070. The van der Waals surface area contributed by atoms with Crippen LogP contribution < -0.4 is 42.9 Å². The summed E-state index contributed by atoms with van der Waals surface area (Å²) in [6, 6.07) is 22.1. The molecule has 0 aliphatic carbocycles. The summed E-state index contributed by atoms with van der Waals surface area (Å²) < 4.78 is 69.5. The minimum Gasteiger partial charge on any atom is -0.354 e. The van der Waals surface area contributed by atoms with Crippen LogP contribution in [0.3, 0.4) is 0 Å². The zero-order valence-electron chi connectivity index (χ0n) is 41.8. The monoisotopic (exact) mass is 1120 g/mol. The largest absolute Gasteiger partial charge is 0.354 e. The lowest BCUT2D eigenvalue weighted by Gasteiger charge is -2.18. The van der Waals surface area contributed by atoms with Crippen LogP contribution in [0.15, 0.2) is 105 Å². The molecule has 0 saturated carbocycles. The standard InChI is InChI=1S/C46H60N16O10S4/c1-5-61(6-2)27-9-25-49-41-56-44(52-34-19-23-38(24-20-34)75(48,64)65)59-45(57-41)53-35-15-13-31(39(29-35)74-72-70-63)11-12-32-14-16-36(30-40(32)76(66,67)68)54-46-58-42(50-26-10-28-62(7-3)8-4)55-43(60-46)51-33-17-21-37(22-18-33)73-71-69-47/h11-24,29-30,63H,5-10,25-28,47H2,1-4H3,(H2,48,64,65)(H,66,67,68)(H3,49,52,53,56,57,59)(H3,50,51,54,55,58,60). The molecule has 6 rings (SSSR count). The van der Waals surface area contributed by atoms with E-state index in [0.29, 0.717) is 57.5 Å². The van der Waals surface area contributed by atoms with Crippen molar-refractivity contribution in [1.82, 2.24) is 39.7 Å². The van der Waals surface area contributed by atoms with E-state index in [0.717, 1.165) is 64.2 Å². The SMILES string of the molecule is CCN(CC)CCCNc1nc(Nc2ccc(S(N)(=O)=O)cc2)nc(Nc2ccc(C=Cc3ccc(Nc4nc(NCCCN(CC)CC)nc(Nc5ccc(SOON)cc5)n4)cc3S(=O)(=O)O)c(SOOO)c2)n1. The minimum atomic E-state index is -4.81. The first-order chi connectivity index (χ1) is 36.6. The maximum Gasteiger partial charge on any atom is 0.295 e. The second kappa shape index (κ2) is 29.2. The van der Waals surface area contributed by atoms with Gasteiger partial charge in [-0.3, -0.25) is 4.55 Å². The maximum atomic E-state index is 12.9. The summed E-state index contributed by atoms with van der Waals surface area (Å²) in [4.78, 5) is 36.6. The fourth-order valence-electron chi connectivity index (χ4n) is 7.14. The maximum absolute atomic E-state index is 12.9. The molecule has 0 aliphatic heterocycles. The van der Waals surface area contributed by atoms with Crippen molar-refractivity contribution in [2.24, 2.45) is 11.0 Å². The van der Waals surface area contributed by atoms with Crippen LogP contribution in [-0.2, 0) is 38.8 Å². The Kier molecular flexibility index (Phi) is 22.7. The lowest BCUT2D eigenvalue weighted by Crippen LogP contribution is -2.25. The van der Waals surface area contributed by atoms with Crippen LogP contribution in [0.5, 0.6) is 0 Å². The first kappa shape index (κ1) is 58.9. The quantitative estimate of drug-likeness (QED) is 0.00484. The van der Waals surface area contributed by atoms with Gasteiger partial charge < -0.3 is 41.7 Å². The van der Waals surface area contributed by atoms with Crippen LogP contribution in [0.25, 0.3) is 12.2 Å². The molecule has 0 amide bonds. The van der Waals surface area contributed by atoms with Gasteiger partial charge >= 0.3 is 0 Å². The number of rotatable bonds is 32. The van der Waals surface area contributed by atoms with Gasteiger partial charge in [-0.05, 0) is 136 Å². The van der Waals surface area contributed by atoms with Gasteiger partial charge in [0.1, 0.15) is 4.90 Å². The molecule has 30 heteroatoms. The summed E-state index contributed by atoms with van der Waals surface area (Å²) in [5.74, 6) is 5.94. The van der Waals surface area contributed by atoms with Crippen LogP contribution in [0.2, 0.25) is 0 Å². The molecule has 0 unspecified atom stereocenters. The van der Waals surface area contributed by atoms with Crippen molar-refractivity contribution in [3.8, 4) is 0 Å². The molecular weight excluding hydrogens is 1060 g/mol. The van der Waals surface area contributed by atoms with E-state index < -0.39 is 25.0 Å². The van der Waals surface area contributed by atoms with Crippen molar-refractivity contribution in [1.29, 1.82) is 0 Å². The number of nitrogens with zero attached hydrogens (tertiary/aromatic N) is 8. The van der Waals surface area contributed by atoms with Crippen molar-refractivity contribution in [3.05, 3.63) is 96.1 Å². The number of benzene rings is 4. The van der Waals surface area contributed by atoms with E-state index in [1.54, 1.807) is 54.6 Å². The highest BCUT2D eigenvalue weighted by Gasteiger charge is 2.18. The topological polar surface area (TPSA) is 354 Å². The summed E-state index contributed by atoms with van der Waals surface area (Å²) >= 11 is 1.57. The summed E-state index contributed by atoms with van der Waals surface area (Å²) in [7, 11) is -8.73. The molecule has 6 aromatic rings. The Labute approximate surface area is 449 Å².